The van der Waals surface area contributed by atoms with Gasteiger partial charge in [0.15, 0.2) is 0 Å². The topological polar surface area (TPSA) is 46.6 Å². The normalized spacial score (nSPS) is 15.8. The van der Waals surface area contributed by atoms with Crippen LogP contribution in [-0.4, -0.2) is 32.4 Å². The molecule has 0 aromatic heterocycles. The first-order valence-electron chi connectivity index (χ1n) is 6.52. The maximum absolute atomic E-state index is 12.3. The van der Waals surface area contributed by atoms with Gasteiger partial charge in [-0.1, -0.05) is 25.5 Å². The van der Waals surface area contributed by atoms with E-state index in [1.54, 1.807) is 24.3 Å². The molecule has 0 aliphatic carbocycles. The molecule has 0 radical (unpaired) electrons. The van der Waals surface area contributed by atoms with Gasteiger partial charge in [0.2, 0.25) is 10.0 Å². The molecule has 0 fully saturated rings. The van der Waals surface area contributed by atoms with Crippen molar-refractivity contribution >= 4 is 10.0 Å². The van der Waals surface area contributed by atoms with E-state index in [2.05, 4.69) is 6.92 Å². The molecule has 0 saturated heterocycles. The SMILES string of the molecule is CCCCOc1ccc(S(=O)(=O)N2CC=CC2)cc1. The summed E-state index contributed by atoms with van der Waals surface area (Å²) in [7, 11) is -3.37. The molecular weight excluding hydrogens is 262 g/mol. The number of unbranched alkanes of at least 4 members (excludes halogenated alkanes) is 1. The molecule has 1 heterocycles. The molecule has 1 aliphatic rings. The Labute approximate surface area is 114 Å². The van der Waals surface area contributed by atoms with Crippen LogP contribution in [-0.2, 0) is 10.0 Å². The highest BCUT2D eigenvalue weighted by atomic mass is 32.2. The molecule has 1 aromatic carbocycles. The van der Waals surface area contributed by atoms with Gasteiger partial charge in [-0.15, -0.1) is 0 Å². The fraction of sp³-hybridized carbons (Fsp3) is 0.429. The summed E-state index contributed by atoms with van der Waals surface area (Å²) in [6.07, 6.45) is 5.80. The molecule has 0 saturated carbocycles. The summed E-state index contributed by atoms with van der Waals surface area (Å²) in [6.45, 7) is 3.68. The Kier molecular flexibility index (Phi) is 4.61. The van der Waals surface area contributed by atoms with Gasteiger partial charge in [0.05, 0.1) is 11.5 Å². The van der Waals surface area contributed by atoms with Gasteiger partial charge in [-0.25, -0.2) is 8.42 Å². The molecule has 0 atom stereocenters. The third-order valence-corrected chi connectivity index (χ3v) is 4.86. The zero-order valence-corrected chi connectivity index (χ0v) is 11.9. The first-order valence-corrected chi connectivity index (χ1v) is 7.96. The van der Waals surface area contributed by atoms with E-state index < -0.39 is 10.0 Å². The van der Waals surface area contributed by atoms with Crippen LogP contribution in [0.25, 0.3) is 0 Å². The fourth-order valence-electron chi connectivity index (χ4n) is 1.85. The van der Waals surface area contributed by atoms with Crippen LogP contribution in [0.4, 0.5) is 0 Å². The van der Waals surface area contributed by atoms with Crippen LogP contribution in [0.1, 0.15) is 19.8 Å². The van der Waals surface area contributed by atoms with Crippen molar-refractivity contribution in [3.63, 3.8) is 0 Å². The van der Waals surface area contributed by atoms with Crippen molar-refractivity contribution in [3.8, 4) is 5.75 Å². The molecule has 4 nitrogen and oxygen atoms in total. The molecule has 5 heteroatoms. The number of rotatable bonds is 6. The minimum atomic E-state index is -3.37. The summed E-state index contributed by atoms with van der Waals surface area (Å²) in [5.74, 6) is 0.715. The highest BCUT2D eigenvalue weighted by molar-refractivity contribution is 7.89. The molecular formula is C14H19NO3S. The molecule has 1 aliphatic heterocycles. The Morgan fingerprint density at radius 3 is 2.37 bits per heavy atom. The molecule has 19 heavy (non-hydrogen) atoms. The zero-order valence-electron chi connectivity index (χ0n) is 11.1. The summed E-state index contributed by atoms with van der Waals surface area (Å²) >= 11 is 0. The van der Waals surface area contributed by atoms with Crippen molar-refractivity contribution < 1.29 is 13.2 Å². The lowest BCUT2D eigenvalue weighted by Gasteiger charge is -2.15. The summed E-state index contributed by atoms with van der Waals surface area (Å²) in [5.41, 5.74) is 0. The van der Waals surface area contributed by atoms with E-state index in [1.165, 1.54) is 4.31 Å². The quantitative estimate of drug-likeness (QED) is 0.594. The van der Waals surface area contributed by atoms with E-state index in [4.69, 9.17) is 4.74 Å². The highest BCUT2D eigenvalue weighted by Gasteiger charge is 2.24. The first-order chi connectivity index (χ1) is 9.14. The van der Waals surface area contributed by atoms with Gasteiger partial charge < -0.3 is 4.74 Å². The van der Waals surface area contributed by atoms with Gasteiger partial charge in [0, 0.05) is 13.1 Å². The van der Waals surface area contributed by atoms with E-state index in [-0.39, 0.29) is 0 Å². The van der Waals surface area contributed by atoms with Crippen LogP contribution in [0, 0.1) is 0 Å². The van der Waals surface area contributed by atoms with Crippen LogP contribution >= 0.6 is 0 Å². The molecule has 0 spiro atoms. The maximum atomic E-state index is 12.3. The second kappa shape index (κ2) is 6.21. The largest absolute Gasteiger partial charge is 0.494 e. The van der Waals surface area contributed by atoms with E-state index in [0.29, 0.717) is 30.3 Å². The Morgan fingerprint density at radius 2 is 1.79 bits per heavy atom. The Morgan fingerprint density at radius 1 is 1.16 bits per heavy atom. The van der Waals surface area contributed by atoms with Crippen LogP contribution < -0.4 is 4.74 Å². The predicted octanol–water partition coefficient (Wildman–Crippen LogP) is 2.43. The van der Waals surface area contributed by atoms with Gasteiger partial charge >= 0.3 is 0 Å². The molecule has 104 valence electrons. The molecule has 0 unspecified atom stereocenters. The van der Waals surface area contributed by atoms with E-state index >= 15 is 0 Å². The second-order valence-corrected chi connectivity index (χ2v) is 6.40. The van der Waals surface area contributed by atoms with Gasteiger partial charge in [-0.3, -0.25) is 0 Å². The third kappa shape index (κ3) is 3.36. The smallest absolute Gasteiger partial charge is 0.243 e. The van der Waals surface area contributed by atoms with Crippen molar-refractivity contribution in [2.45, 2.75) is 24.7 Å². The Bertz CT molecular complexity index is 526. The lowest BCUT2D eigenvalue weighted by molar-refractivity contribution is 0.309. The van der Waals surface area contributed by atoms with Crippen LogP contribution in [0.15, 0.2) is 41.3 Å². The summed E-state index contributed by atoms with van der Waals surface area (Å²) in [5, 5.41) is 0. The average Bonchev–Trinajstić information content (AvgIpc) is 2.94. The minimum absolute atomic E-state index is 0.319. The zero-order chi connectivity index (χ0) is 13.7. The standard InChI is InChI=1S/C14H19NO3S/c1-2-3-12-18-13-6-8-14(9-7-13)19(16,17)15-10-4-5-11-15/h4-9H,2-3,10-12H2,1H3. The highest BCUT2D eigenvalue weighted by Crippen LogP contribution is 2.21. The predicted molar refractivity (Wildman–Crippen MR) is 74.7 cm³/mol. The molecule has 1 aromatic rings. The lowest BCUT2D eigenvalue weighted by atomic mass is 10.3. The first kappa shape index (κ1) is 14.1. The number of benzene rings is 1. The number of ether oxygens (including phenoxy) is 1. The number of hydrogen-bond donors (Lipinski definition) is 0. The number of sulfonamides is 1. The monoisotopic (exact) mass is 281 g/mol. The van der Waals surface area contributed by atoms with Crippen molar-refractivity contribution in [2.24, 2.45) is 0 Å². The van der Waals surface area contributed by atoms with Gasteiger partial charge in [-0.2, -0.15) is 4.31 Å². The van der Waals surface area contributed by atoms with Crippen LogP contribution in [0.2, 0.25) is 0 Å². The van der Waals surface area contributed by atoms with Gasteiger partial charge in [0.1, 0.15) is 5.75 Å². The van der Waals surface area contributed by atoms with Crippen molar-refractivity contribution in [1.29, 1.82) is 0 Å². The second-order valence-electron chi connectivity index (χ2n) is 4.47. The summed E-state index contributed by atoms with van der Waals surface area (Å²) < 4.78 is 31.5. The fourth-order valence-corrected chi connectivity index (χ4v) is 3.19. The number of nitrogens with zero attached hydrogens (tertiary/aromatic N) is 1. The van der Waals surface area contributed by atoms with Crippen molar-refractivity contribution in [2.75, 3.05) is 19.7 Å². The maximum Gasteiger partial charge on any atom is 0.243 e. The molecule has 2 rings (SSSR count). The van der Waals surface area contributed by atoms with Crippen LogP contribution in [0.5, 0.6) is 5.75 Å². The van der Waals surface area contributed by atoms with Crippen molar-refractivity contribution in [1.82, 2.24) is 4.31 Å². The summed E-state index contributed by atoms with van der Waals surface area (Å²) in [6, 6.07) is 6.64. The van der Waals surface area contributed by atoms with Gasteiger partial charge in [-0.05, 0) is 30.7 Å². The third-order valence-electron chi connectivity index (χ3n) is 3.01. The van der Waals surface area contributed by atoms with E-state index in [9.17, 15) is 8.42 Å². The number of hydrogen-bond acceptors (Lipinski definition) is 3. The van der Waals surface area contributed by atoms with E-state index in [0.717, 1.165) is 12.8 Å². The van der Waals surface area contributed by atoms with Crippen LogP contribution in [0.3, 0.4) is 0 Å². The Hall–Kier alpha value is -1.33. The van der Waals surface area contributed by atoms with E-state index in [1.807, 2.05) is 12.2 Å². The lowest BCUT2D eigenvalue weighted by Crippen LogP contribution is -2.28. The average molecular weight is 281 g/mol. The summed E-state index contributed by atoms with van der Waals surface area (Å²) in [4.78, 5) is 0.319. The van der Waals surface area contributed by atoms with Gasteiger partial charge in [0.25, 0.3) is 0 Å². The molecule has 0 amide bonds. The minimum Gasteiger partial charge on any atom is -0.494 e. The Balaban J connectivity index is 2.05. The molecule has 0 bridgehead atoms. The van der Waals surface area contributed by atoms with Crippen molar-refractivity contribution in [3.05, 3.63) is 36.4 Å². The molecule has 0 N–H and O–H groups in total.